The Morgan fingerprint density at radius 1 is 1.33 bits per heavy atom. The maximum atomic E-state index is 12.3. The molecular weight excluding hydrogens is 274 g/mol. The smallest absolute Gasteiger partial charge is 0.272 e. The van der Waals surface area contributed by atoms with Crippen LogP contribution in [-0.2, 0) is 4.79 Å². The van der Waals surface area contributed by atoms with Crippen molar-refractivity contribution in [3.63, 3.8) is 0 Å². The Morgan fingerprint density at radius 3 is 2.43 bits per heavy atom. The summed E-state index contributed by atoms with van der Waals surface area (Å²) in [5, 5.41) is 10.8. The standard InChI is InChI=1S/C14H17N3O4/c1-9-8-11(2-3-12(9)17(20)21)14(19)16-6-4-10(5-7-16)13(15)18/h2-3,8,10H,4-7H2,1H3,(H2,15,18). The summed E-state index contributed by atoms with van der Waals surface area (Å²) < 4.78 is 0. The highest BCUT2D eigenvalue weighted by Crippen LogP contribution is 2.22. The second kappa shape index (κ2) is 5.90. The van der Waals surface area contributed by atoms with Gasteiger partial charge in [-0.05, 0) is 31.9 Å². The number of likely N-dealkylation sites (tertiary alicyclic amines) is 1. The number of hydrogen-bond donors (Lipinski definition) is 1. The molecule has 21 heavy (non-hydrogen) atoms. The maximum absolute atomic E-state index is 12.3. The number of aryl methyl sites for hydroxylation is 1. The topological polar surface area (TPSA) is 107 Å². The molecule has 0 radical (unpaired) electrons. The first-order valence-corrected chi connectivity index (χ1v) is 6.73. The van der Waals surface area contributed by atoms with Crippen LogP contribution in [0.2, 0.25) is 0 Å². The molecule has 1 heterocycles. The van der Waals surface area contributed by atoms with E-state index in [-0.39, 0.29) is 23.4 Å². The second-order valence-electron chi connectivity index (χ2n) is 5.23. The van der Waals surface area contributed by atoms with Gasteiger partial charge in [-0.2, -0.15) is 0 Å². The number of rotatable bonds is 3. The number of nitro groups is 1. The molecular formula is C14H17N3O4. The number of amides is 2. The number of nitrogens with two attached hydrogens (primary N) is 1. The molecule has 1 fully saturated rings. The monoisotopic (exact) mass is 291 g/mol. The molecule has 0 bridgehead atoms. The lowest BCUT2D eigenvalue weighted by molar-refractivity contribution is -0.385. The highest BCUT2D eigenvalue weighted by molar-refractivity contribution is 5.95. The number of hydrogen-bond acceptors (Lipinski definition) is 4. The maximum Gasteiger partial charge on any atom is 0.272 e. The number of primary amides is 1. The molecule has 2 rings (SSSR count). The van der Waals surface area contributed by atoms with Crippen LogP contribution in [0.5, 0.6) is 0 Å². The summed E-state index contributed by atoms with van der Waals surface area (Å²) >= 11 is 0. The molecule has 2 amide bonds. The van der Waals surface area contributed by atoms with Crippen LogP contribution >= 0.6 is 0 Å². The fourth-order valence-corrected chi connectivity index (χ4v) is 2.54. The largest absolute Gasteiger partial charge is 0.369 e. The third-order valence-corrected chi connectivity index (χ3v) is 3.82. The summed E-state index contributed by atoms with van der Waals surface area (Å²) in [6, 6.07) is 4.34. The summed E-state index contributed by atoms with van der Waals surface area (Å²) in [4.78, 5) is 35.4. The highest BCUT2D eigenvalue weighted by Gasteiger charge is 2.27. The molecule has 0 unspecified atom stereocenters. The van der Waals surface area contributed by atoms with Crippen molar-refractivity contribution in [2.24, 2.45) is 11.7 Å². The number of carbonyl (C=O) groups excluding carboxylic acids is 2. The van der Waals surface area contributed by atoms with Crippen LogP contribution in [0.1, 0.15) is 28.8 Å². The molecule has 0 spiro atoms. The lowest BCUT2D eigenvalue weighted by Crippen LogP contribution is -2.41. The summed E-state index contributed by atoms with van der Waals surface area (Å²) in [5.41, 5.74) is 6.14. The third kappa shape index (κ3) is 3.18. The minimum absolute atomic E-state index is 0.000938. The Bertz CT molecular complexity index is 592. The van der Waals surface area contributed by atoms with Gasteiger partial charge in [-0.3, -0.25) is 19.7 Å². The normalized spacial score (nSPS) is 15.8. The Labute approximate surface area is 121 Å². The molecule has 2 N–H and O–H groups in total. The molecule has 7 heteroatoms. The van der Waals surface area contributed by atoms with Crippen LogP contribution in [0.25, 0.3) is 0 Å². The quantitative estimate of drug-likeness (QED) is 0.667. The van der Waals surface area contributed by atoms with Gasteiger partial charge >= 0.3 is 0 Å². The van der Waals surface area contributed by atoms with Crippen molar-refractivity contribution in [1.29, 1.82) is 0 Å². The molecule has 1 saturated heterocycles. The van der Waals surface area contributed by atoms with Gasteiger partial charge in [0, 0.05) is 36.2 Å². The Morgan fingerprint density at radius 2 is 1.95 bits per heavy atom. The van der Waals surface area contributed by atoms with Crippen molar-refractivity contribution in [2.75, 3.05) is 13.1 Å². The van der Waals surface area contributed by atoms with E-state index < -0.39 is 4.92 Å². The summed E-state index contributed by atoms with van der Waals surface area (Å²) in [5.74, 6) is -0.670. The number of nitrogens with zero attached hydrogens (tertiary/aromatic N) is 2. The molecule has 0 aliphatic carbocycles. The first-order valence-electron chi connectivity index (χ1n) is 6.73. The van der Waals surface area contributed by atoms with E-state index in [1.807, 2.05) is 0 Å². The minimum atomic E-state index is -0.470. The molecule has 0 aromatic heterocycles. The minimum Gasteiger partial charge on any atom is -0.369 e. The first-order chi connectivity index (χ1) is 9.90. The SMILES string of the molecule is Cc1cc(C(=O)N2CCC(C(N)=O)CC2)ccc1[N+](=O)[O-]. The fourth-order valence-electron chi connectivity index (χ4n) is 2.54. The van der Waals surface area contributed by atoms with E-state index in [4.69, 9.17) is 5.73 Å². The predicted octanol–water partition coefficient (Wildman–Crippen LogP) is 1.24. The molecule has 1 aliphatic rings. The third-order valence-electron chi connectivity index (χ3n) is 3.82. The zero-order valence-electron chi connectivity index (χ0n) is 11.7. The van der Waals surface area contributed by atoms with Crippen molar-refractivity contribution in [3.8, 4) is 0 Å². The Balaban J connectivity index is 2.09. The van der Waals surface area contributed by atoms with Crippen LogP contribution in [0.15, 0.2) is 18.2 Å². The van der Waals surface area contributed by atoms with Crippen molar-refractivity contribution >= 4 is 17.5 Å². The van der Waals surface area contributed by atoms with Crippen molar-refractivity contribution in [1.82, 2.24) is 4.90 Å². The molecule has 1 aliphatic heterocycles. The van der Waals surface area contributed by atoms with E-state index in [9.17, 15) is 19.7 Å². The second-order valence-corrected chi connectivity index (χ2v) is 5.23. The van der Waals surface area contributed by atoms with Gasteiger partial charge in [-0.1, -0.05) is 0 Å². The van der Waals surface area contributed by atoms with E-state index in [0.29, 0.717) is 37.1 Å². The van der Waals surface area contributed by atoms with Gasteiger partial charge in [0.1, 0.15) is 0 Å². The zero-order valence-corrected chi connectivity index (χ0v) is 11.7. The van der Waals surface area contributed by atoms with E-state index >= 15 is 0 Å². The highest BCUT2D eigenvalue weighted by atomic mass is 16.6. The molecule has 1 aromatic carbocycles. The predicted molar refractivity (Wildman–Crippen MR) is 75.7 cm³/mol. The lowest BCUT2D eigenvalue weighted by Gasteiger charge is -2.30. The van der Waals surface area contributed by atoms with E-state index in [0.717, 1.165) is 0 Å². The number of carbonyl (C=O) groups is 2. The number of benzene rings is 1. The lowest BCUT2D eigenvalue weighted by atomic mass is 9.95. The van der Waals surface area contributed by atoms with Crippen LogP contribution in [-0.4, -0.2) is 34.7 Å². The average Bonchev–Trinajstić information content (AvgIpc) is 2.46. The van der Waals surface area contributed by atoms with Crippen LogP contribution in [0, 0.1) is 23.0 Å². The first kappa shape index (κ1) is 15.0. The number of piperidine rings is 1. The van der Waals surface area contributed by atoms with Gasteiger partial charge in [0.05, 0.1) is 4.92 Å². The Kier molecular flexibility index (Phi) is 4.21. The van der Waals surface area contributed by atoms with Crippen molar-refractivity contribution in [3.05, 3.63) is 39.4 Å². The van der Waals surface area contributed by atoms with E-state index in [1.54, 1.807) is 11.8 Å². The van der Waals surface area contributed by atoms with Crippen molar-refractivity contribution in [2.45, 2.75) is 19.8 Å². The average molecular weight is 291 g/mol. The van der Waals surface area contributed by atoms with Crippen LogP contribution < -0.4 is 5.73 Å². The summed E-state index contributed by atoms with van der Waals surface area (Å²) in [7, 11) is 0. The fraction of sp³-hybridized carbons (Fsp3) is 0.429. The molecule has 1 aromatic rings. The molecule has 0 saturated carbocycles. The van der Waals surface area contributed by atoms with Gasteiger partial charge in [0.25, 0.3) is 11.6 Å². The van der Waals surface area contributed by atoms with Gasteiger partial charge < -0.3 is 10.6 Å². The van der Waals surface area contributed by atoms with Gasteiger partial charge in [0.15, 0.2) is 0 Å². The summed E-state index contributed by atoms with van der Waals surface area (Å²) in [6.45, 7) is 2.55. The van der Waals surface area contributed by atoms with Gasteiger partial charge in [-0.25, -0.2) is 0 Å². The van der Waals surface area contributed by atoms with Crippen LogP contribution in [0.4, 0.5) is 5.69 Å². The van der Waals surface area contributed by atoms with Gasteiger partial charge in [0.2, 0.25) is 5.91 Å². The van der Waals surface area contributed by atoms with E-state index in [2.05, 4.69) is 0 Å². The Hall–Kier alpha value is -2.44. The molecule has 7 nitrogen and oxygen atoms in total. The van der Waals surface area contributed by atoms with Crippen molar-refractivity contribution < 1.29 is 14.5 Å². The van der Waals surface area contributed by atoms with E-state index in [1.165, 1.54) is 18.2 Å². The molecule has 112 valence electrons. The van der Waals surface area contributed by atoms with Gasteiger partial charge in [-0.15, -0.1) is 0 Å². The zero-order chi connectivity index (χ0) is 15.6. The molecule has 0 atom stereocenters. The van der Waals surface area contributed by atoms with Crippen LogP contribution in [0.3, 0.4) is 0 Å². The number of nitro benzene ring substituents is 1. The summed E-state index contributed by atoms with van der Waals surface area (Å²) in [6.07, 6.45) is 1.13.